The van der Waals surface area contributed by atoms with E-state index in [1.54, 1.807) is 0 Å². The van der Waals surface area contributed by atoms with Crippen LogP contribution >= 0.6 is 0 Å². The molecule has 0 aromatic heterocycles. The molecule has 80 valence electrons. The number of carboxylic acids is 1. The van der Waals surface area contributed by atoms with Crippen molar-refractivity contribution in [3.8, 4) is 0 Å². The SMILES string of the molecule is O=C(O)C1(O)CCCc2cc(F)ccc21. The first kappa shape index (κ1) is 10.1. The van der Waals surface area contributed by atoms with E-state index < -0.39 is 17.4 Å². The normalized spacial score (nSPS) is 24.7. The Morgan fingerprint density at radius 3 is 2.87 bits per heavy atom. The van der Waals surface area contributed by atoms with Crippen molar-refractivity contribution in [2.45, 2.75) is 24.9 Å². The minimum atomic E-state index is -1.85. The van der Waals surface area contributed by atoms with E-state index in [0.717, 1.165) is 0 Å². The molecule has 0 heterocycles. The van der Waals surface area contributed by atoms with Crippen LogP contribution in [0.4, 0.5) is 4.39 Å². The number of carboxylic acid groups (broad SMARTS) is 1. The lowest BCUT2D eigenvalue weighted by molar-refractivity contribution is -0.161. The van der Waals surface area contributed by atoms with E-state index in [2.05, 4.69) is 0 Å². The average Bonchev–Trinajstić information content (AvgIpc) is 2.17. The predicted molar refractivity (Wildman–Crippen MR) is 50.9 cm³/mol. The van der Waals surface area contributed by atoms with Crippen LogP contribution in [0.3, 0.4) is 0 Å². The topological polar surface area (TPSA) is 57.5 Å². The van der Waals surface area contributed by atoms with Crippen LogP contribution in [0.2, 0.25) is 0 Å². The van der Waals surface area contributed by atoms with Gasteiger partial charge >= 0.3 is 5.97 Å². The molecule has 0 spiro atoms. The van der Waals surface area contributed by atoms with Crippen molar-refractivity contribution in [1.82, 2.24) is 0 Å². The first-order chi connectivity index (χ1) is 7.04. The molecular formula is C11H11FO3. The molecule has 1 atom stereocenters. The third-order valence-corrected chi connectivity index (χ3v) is 2.85. The molecule has 1 aliphatic rings. The van der Waals surface area contributed by atoms with E-state index in [4.69, 9.17) is 5.11 Å². The van der Waals surface area contributed by atoms with Crippen molar-refractivity contribution in [3.63, 3.8) is 0 Å². The smallest absolute Gasteiger partial charge is 0.340 e. The van der Waals surface area contributed by atoms with Crippen LogP contribution in [-0.2, 0) is 16.8 Å². The second-order valence-electron chi connectivity index (χ2n) is 3.82. The second kappa shape index (κ2) is 3.31. The first-order valence-corrected chi connectivity index (χ1v) is 4.79. The summed E-state index contributed by atoms with van der Waals surface area (Å²) in [7, 11) is 0. The number of aliphatic carboxylic acids is 1. The highest BCUT2D eigenvalue weighted by Crippen LogP contribution is 2.35. The van der Waals surface area contributed by atoms with Crippen LogP contribution in [0.5, 0.6) is 0 Å². The van der Waals surface area contributed by atoms with Crippen molar-refractivity contribution in [2.24, 2.45) is 0 Å². The Kier molecular flexibility index (Phi) is 2.23. The summed E-state index contributed by atoms with van der Waals surface area (Å²) in [6, 6.07) is 3.83. The van der Waals surface area contributed by atoms with Gasteiger partial charge < -0.3 is 10.2 Å². The van der Waals surface area contributed by atoms with Gasteiger partial charge in [0, 0.05) is 0 Å². The monoisotopic (exact) mass is 210 g/mol. The molecule has 0 bridgehead atoms. The van der Waals surface area contributed by atoms with Gasteiger partial charge in [0.25, 0.3) is 0 Å². The zero-order chi connectivity index (χ0) is 11.1. The molecule has 4 heteroatoms. The number of aryl methyl sites for hydroxylation is 1. The van der Waals surface area contributed by atoms with E-state index in [1.807, 2.05) is 0 Å². The van der Waals surface area contributed by atoms with Gasteiger partial charge in [-0.3, -0.25) is 0 Å². The van der Waals surface area contributed by atoms with E-state index in [-0.39, 0.29) is 6.42 Å². The highest BCUT2D eigenvalue weighted by atomic mass is 19.1. The molecule has 2 rings (SSSR count). The molecule has 15 heavy (non-hydrogen) atoms. The van der Waals surface area contributed by atoms with Gasteiger partial charge in [-0.15, -0.1) is 0 Å². The fraction of sp³-hybridized carbons (Fsp3) is 0.364. The summed E-state index contributed by atoms with van der Waals surface area (Å²) < 4.78 is 12.9. The lowest BCUT2D eigenvalue weighted by Gasteiger charge is -2.30. The maximum Gasteiger partial charge on any atom is 0.340 e. The van der Waals surface area contributed by atoms with Crippen LogP contribution in [0.1, 0.15) is 24.0 Å². The van der Waals surface area contributed by atoms with Crippen molar-refractivity contribution in [2.75, 3.05) is 0 Å². The zero-order valence-corrected chi connectivity index (χ0v) is 8.03. The van der Waals surface area contributed by atoms with Crippen LogP contribution in [0.15, 0.2) is 18.2 Å². The second-order valence-corrected chi connectivity index (χ2v) is 3.82. The summed E-state index contributed by atoms with van der Waals surface area (Å²) in [4.78, 5) is 11.0. The van der Waals surface area contributed by atoms with Gasteiger partial charge in [0.05, 0.1) is 0 Å². The third kappa shape index (κ3) is 1.51. The first-order valence-electron chi connectivity index (χ1n) is 4.79. The quantitative estimate of drug-likeness (QED) is 0.737. The predicted octanol–water partition coefficient (Wildman–Crippen LogP) is 1.43. The van der Waals surface area contributed by atoms with Crippen LogP contribution in [0, 0.1) is 5.82 Å². The number of fused-ring (bicyclic) bond motifs is 1. The minimum absolute atomic E-state index is 0.182. The third-order valence-electron chi connectivity index (χ3n) is 2.85. The Morgan fingerprint density at radius 2 is 2.20 bits per heavy atom. The lowest BCUT2D eigenvalue weighted by atomic mass is 9.79. The van der Waals surface area contributed by atoms with Crippen molar-refractivity contribution in [3.05, 3.63) is 35.1 Å². The van der Waals surface area contributed by atoms with E-state index >= 15 is 0 Å². The molecule has 1 aromatic carbocycles. The minimum Gasteiger partial charge on any atom is -0.479 e. The summed E-state index contributed by atoms with van der Waals surface area (Å²) in [6.45, 7) is 0. The van der Waals surface area contributed by atoms with Crippen molar-refractivity contribution in [1.29, 1.82) is 0 Å². The van der Waals surface area contributed by atoms with E-state index in [0.29, 0.717) is 24.0 Å². The van der Waals surface area contributed by atoms with Crippen molar-refractivity contribution >= 4 is 5.97 Å². The number of hydrogen-bond acceptors (Lipinski definition) is 2. The Balaban J connectivity index is 2.56. The van der Waals surface area contributed by atoms with Gasteiger partial charge in [-0.05, 0) is 42.5 Å². The fourth-order valence-electron chi connectivity index (χ4n) is 2.06. The van der Waals surface area contributed by atoms with Gasteiger partial charge in [0.15, 0.2) is 5.60 Å². The number of aliphatic hydroxyl groups is 1. The summed E-state index contributed by atoms with van der Waals surface area (Å²) in [5, 5.41) is 18.9. The van der Waals surface area contributed by atoms with E-state index in [9.17, 15) is 14.3 Å². The molecule has 3 nitrogen and oxygen atoms in total. The molecule has 0 aliphatic heterocycles. The average molecular weight is 210 g/mol. The molecular weight excluding hydrogens is 199 g/mol. The number of carbonyl (C=O) groups is 1. The highest BCUT2D eigenvalue weighted by molar-refractivity contribution is 5.80. The maximum atomic E-state index is 12.9. The summed E-state index contributed by atoms with van der Waals surface area (Å²) in [5.74, 6) is -1.67. The van der Waals surface area contributed by atoms with Gasteiger partial charge in [0.2, 0.25) is 0 Å². The Labute approximate surface area is 86.2 Å². The van der Waals surface area contributed by atoms with Crippen LogP contribution in [-0.4, -0.2) is 16.2 Å². The Hall–Kier alpha value is -1.42. The van der Waals surface area contributed by atoms with Crippen LogP contribution in [0.25, 0.3) is 0 Å². The largest absolute Gasteiger partial charge is 0.479 e. The number of benzene rings is 1. The molecule has 1 aliphatic carbocycles. The summed E-state index contributed by atoms with van der Waals surface area (Å²) in [5.41, 5.74) is -0.935. The number of halogens is 1. The molecule has 0 radical (unpaired) electrons. The molecule has 1 unspecified atom stereocenters. The summed E-state index contributed by atoms with van der Waals surface area (Å²) in [6.07, 6.45) is 1.35. The van der Waals surface area contributed by atoms with Crippen LogP contribution < -0.4 is 0 Å². The highest BCUT2D eigenvalue weighted by Gasteiger charge is 2.41. The van der Waals surface area contributed by atoms with E-state index in [1.165, 1.54) is 18.2 Å². The zero-order valence-electron chi connectivity index (χ0n) is 8.03. The lowest BCUT2D eigenvalue weighted by Crippen LogP contribution is -2.38. The Morgan fingerprint density at radius 1 is 1.47 bits per heavy atom. The van der Waals surface area contributed by atoms with Crippen molar-refractivity contribution < 1.29 is 19.4 Å². The molecule has 0 amide bonds. The molecule has 0 saturated carbocycles. The molecule has 0 saturated heterocycles. The molecule has 2 N–H and O–H groups in total. The number of rotatable bonds is 1. The van der Waals surface area contributed by atoms with Gasteiger partial charge in [-0.1, -0.05) is 6.07 Å². The van der Waals surface area contributed by atoms with Gasteiger partial charge in [0.1, 0.15) is 5.82 Å². The Bertz CT molecular complexity index is 416. The molecule has 0 fully saturated rings. The maximum absolute atomic E-state index is 12.9. The fourth-order valence-corrected chi connectivity index (χ4v) is 2.06. The summed E-state index contributed by atoms with van der Waals surface area (Å²) >= 11 is 0. The number of hydrogen-bond donors (Lipinski definition) is 2. The standard InChI is InChI=1S/C11H11FO3/c12-8-3-4-9-7(6-8)2-1-5-11(9,15)10(13)14/h3-4,6,15H,1-2,5H2,(H,13,14). The van der Waals surface area contributed by atoms with Gasteiger partial charge in [-0.2, -0.15) is 0 Å². The van der Waals surface area contributed by atoms with Gasteiger partial charge in [-0.25, -0.2) is 9.18 Å². The molecule has 1 aromatic rings.